The van der Waals surface area contributed by atoms with Crippen molar-refractivity contribution < 1.29 is 8.78 Å². The highest BCUT2D eigenvalue weighted by atomic mass is 79.9. The van der Waals surface area contributed by atoms with Crippen LogP contribution in [-0.4, -0.2) is 0 Å². The van der Waals surface area contributed by atoms with E-state index >= 15 is 0 Å². The first kappa shape index (κ1) is 10.6. The average molecular weight is 272 g/mol. The molecule has 1 aliphatic carbocycles. The van der Waals surface area contributed by atoms with E-state index < -0.39 is 17.0 Å². The minimum atomic E-state index is -0.736. The Hall–Kier alpha value is -0.950. The summed E-state index contributed by atoms with van der Waals surface area (Å²) in [7, 11) is 0. The molecular weight excluding hydrogens is 264 g/mol. The van der Waals surface area contributed by atoms with Crippen LogP contribution >= 0.6 is 15.9 Å². The van der Waals surface area contributed by atoms with E-state index in [2.05, 4.69) is 22.0 Å². The van der Waals surface area contributed by atoms with E-state index in [1.54, 1.807) is 0 Å². The molecule has 0 amide bonds. The average Bonchev–Trinajstić information content (AvgIpc) is 2.17. The minimum Gasteiger partial charge on any atom is -0.206 e. The first-order chi connectivity index (χ1) is 7.10. The van der Waals surface area contributed by atoms with Gasteiger partial charge in [0.25, 0.3) is 0 Å². The molecule has 2 rings (SSSR count). The zero-order valence-corrected chi connectivity index (χ0v) is 9.44. The maximum atomic E-state index is 13.7. The monoisotopic (exact) mass is 271 g/mol. The van der Waals surface area contributed by atoms with Gasteiger partial charge in [0.2, 0.25) is 0 Å². The van der Waals surface area contributed by atoms with E-state index in [0.29, 0.717) is 18.4 Å². The summed E-state index contributed by atoms with van der Waals surface area (Å²) in [5.41, 5.74) is -0.426. The van der Waals surface area contributed by atoms with Crippen molar-refractivity contribution in [1.29, 1.82) is 5.26 Å². The van der Waals surface area contributed by atoms with E-state index in [0.717, 1.165) is 6.42 Å². The highest BCUT2D eigenvalue weighted by Gasteiger charge is 2.41. The van der Waals surface area contributed by atoms with Gasteiger partial charge in [-0.3, -0.25) is 0 Å². The van der Waals surface area contributed by atoms with Gasteiger partial charge < -0.3 is 0 Å². The molecule has 0 heterocycles. The van der Waals surface area contributed by atoms with Crippen molar-refractivity contribution in [3.8, 4) is 6.07 Å². The quantitative estimate of drug-likeness (QED) is 0.715. The third-order valence-electron chi connectivity index (χ3n) is 2.97. The SMILES string of the molecule is N#CC1(c2ccc(F)c(Br)c2F)CCC1. The van der Waals surface area contributed by atoms with Gasteiger partial charge in [-0.15, -0.1) is 0 Å². The number of hydrogen-bond acceptors (Lipinski definition) is 1. The summed E-state index contributed by atoms with van der Waals surface area (Å²) in [5, 5.41) is 9.05. The molecule has 78 valence electrons. The Morgan fingerprint density at radius 1 is 1.33 bits per heavy atom. The minimum absolute atomic E-state index is 0.179. The van der Waals surface area contributed by atoms with E-state index in [1.807, 2.05) is 0 Å². The maximum Gasteiger partial charge on any atom is 0.145 e. The van der Waals surface area contributed by atoms with Crippen molar-refractivity contribution in [2.24, 2.45) is 0 Å². The molecule has 0 radical (unpaired) electrons. The van der Waals surface area contributed by atoms with Crippen LogP contribution in [0.1, 0.15) is 24.8 Å². The van der Waals surface area contributed by atoms with Gasteiger partial charge in [0.05, 0.1) is 16.0 Å². The first-order valence-electron chi connectivity index (χ1n) is 4.66. The molecule has 0 bridgehead atoms. The lowest BCUT2D eigenvalue weighted by molar-refractivity contribution is 0.312. The maximum absolute atomic E-state index is 13.7. The van der Waals surface area contributed by atoms with Gasteiger partial charge in [-0.2, -0.15) is 5.26 Å². The van der Waals surface area contributed by atoms with Crippen LogP contribution in [0, 0.1) is 23.0 Å². The van der Waals surface area contributed by atoms with Crippen LogP contribution < -0.4 is 0 Å². The van der Waals surface area contributed by atoms with Gasteiger partial charge >= 0.3 is 0 Å². The van der Waals surface area contributed by atoms with Crippen LogP contribution in [0.5, 0.6) is 0 Å². The third kappa shape index (κ3) is 1.46. The van der Waals surface area contributed by atoms with Crippen LogP contribution in [0.2, 0.25) is 0 Å². The van der Waals surface area contributed by atoms with Crippen molar-refractivity contribution in [3.05, 3.63) is 33.8 Å². The van der Waals surface area contributed by atoms with Crippen LogP contribution in [0.3, 0.4) is 0 Å². The van der Waals surface area contributed by atoms with Gasteiger partial charge in [0.15, 0.2) is 0 Å². The molecule has 0 spiro atoms. The molecule has 1 nitrogen and oxygen atoms in total. The molecule has 1 fully saturated rings. The number of rotatable bonds is 1. The number of benzene rings is 1. The largest absolute Gasteiger partial charge is 0.206 e. The fourth-order valence-corrected chi connectivity index (χ4v) is 2.21. The summed E-state index contributed by atoms with van der Waals surface area (Å²) in [6.07, 6.45) is 2.22. The summed E-state index contributed by atoms with van der Waals surface area (Å²) in [6, 6.07) is 4.70. The van der Waals surface area contributed by atoms with Crippen molar-refractivity contribution in [3.63, 3.8) is 0 Å². The Morgan fingerprint density at radius 2 is 2.00 bits per heavy atom. The summed E-state index contributed by atoms with van der Waals surface area (Å²) >= 11 is 2.85. The van der Waals surface area contributed by atoms with Gasteiger partial charge in [-0.1, -0.05) is 6.07 Å². The van der Waals surface area contributed by atoms with E-state index in [9.17, 15) is 8.78 Å². The van der Waals surface area contributed by atoms with Gasteiger partial charge in [-0.25, -0.2) is 8.78 Å². The second-order valence-electron chi connectivity index (χ2n) is 3.77. The molecule has 1 aromatic rings. The van der Waals surface area contributed by atoms with Gasteiger partial charge in [0.1, 0.15) is 11.6 Å². The Balaban J connectivity index is 2.55. The highest BCUT2D eigenvalue weighted by molar-refractivity contribution is 9.10. The number of hydrogen-bond donors (Lipinski definition) is 0. The second kappa shape index (κ2) is 3.57. The molecule has 1 saturated carbocycles. The van der Waals surface area contributed by atoms with Crippen LogP contribution in [0.25, 0.3) is 0 Å². The summed E-state index contributed by atoms with van der Waals surface area (Å²) in [6.45, 7) is 0. The zero-order valence-electron chi connectivity index (χ0n) is 7.86. The molecule has 0 unspecified atom stereocenters. The van der Waals surface area contributed by atoms with Crippen LogP contribution in [0.15, 0.2) is 16.6 Å². The van der Waals surface area contributed by atoms with Crippen LogP contribution in [0.4, 0.5) is 8.78 Å². The molecule has 4 heteroatoms. The summed E-state index contributed by atoms with van der Waals surface area (Å²) in [5.74, 6) is -1.28. The first-order valence-corrected chi connectivity index (χ1v) is 5.45. The zero-order chi connectivity index (χ0) is 11.1. The standard InChI is InChI=1S/C11H8BrF2N/c12-9-8(13)3-2-7(10(9)14)11(6-15)4-1-5-11/h2-3H,1,4-5H2. The lowest BCUT2D eigenvalue weighted by Crippen LogP contribution is -2.33. The molecule has 0 aliphatic heterocycles. The van der Waals surface area contributed by atoms with E-state index in [4.69, 9.17) is 5.26 Å². The fourth-order valence-electron chi connectivity index (χ4n) is 1.87. The molecule has 0 atom stereocenters. The summed E-state index contributed by atoms with van der Waals surface area (Å²) in [4.78, 5) is 0. The number of halogens is 3. The van der Waals surface area contributed by atoms with Crippen LogP contribution in [-0.2, 0) is 5.41 Å². The lowest BCUT2D eigenvalue weighted by atomic mass is 9.65. The molecular formula is C11H8BrF2N. The fraction of sp³-hybridized carbons (Fsp3) is 0.364. The molecule has 1 aliphatic rings. The Morgan fingerprint density at radius 3 is 2.47 bits per heavy atom. The van der Waals surface area contributed by atoms with Crippen molar-refractivity contribution in [1.82, 2.24) is 0 Å². The van der Waals surface area contributed by atoms with Crippen molar-refractivity contribution >= 4 is 15.9 Å². The summed E-state index contributed by atoms with van der Waals surface area (Å²) < 4.78 is 26.6. The predicted octanol–water partition coefficient (Wildman–Crippen LogP) is 3.67. The molecule has 0 aromatic heterocycles. The van der Waals surface area contributed by atoms with E-state index in [1.165, 1.54) is 12.1 Å². The highest BCUT2D eigenvalue weighted by Crippen LogP contribution is 2.45. The van der Waals surface area contributed by atoms with E-state index in [-0.39, 0.29) is 4.47 Å². The Bertz CT molecular complexity index is 447. The smallest absolute Gasteiger partial charge is 0.145 e. The molecule has 0 N–H and O–H groups in total. The molecule has 0 saturated heterocycles. The lowest BCUT2D eigenvalue weighted by Gasteiger charge is -2.35. The Labute approximate surface area is 94.8 Å². The molecule has 1 aromatic carbocycles. The van der Waals surface area contributed by atoms with Gasteiger partial charge in [0, 0.05) is 5.56 Å². The normalized spacial score (nSPS) is 18.0. The van der Waals surface area contributed by atoms with Gasteiger partial charge in [-0.05, 0) is 41.3 Å². The number of nitriles is 1. The van der Waals surface area contributed by atoms with Crippen molar-refractivity contribution in [2.75, 3.05) is 0 Å². The molecule has 15 heavy (non-hydrogen) atoms. The second-order valence-corrected chi connectivity index (χ2v) is 4.56. The topological polar surface area (TPSA) is 23.8 Å². The van der Waals surface area contributed by atoms with Crippen molar-refractivity contribution in [2.45, 2.75) is 24.7 Å². The predicted molar refractivity (Wildman–Crippen MR) is 55.2 cm³/mol. The number of nitrogens with zero attached hydrogens (tertiary/aromatic N) is 1. The Kier molecular flexibility index (Phi) is 2.51. The third-order valence-corrected chi connectivity index (χ3v) is 3.70.